The number of hydrogen-bond donors (Lipinski definition) is 1. The molecule has 1 N–H and O–H groups in total. The predicted molar refractivity (Wildman–Crippen MR) is 116 cm³/mol. The molecule has 1 amide bonds. The molecule has 1 atom stereocenters. The molecule has 2 rings (SSSR count). The highest BCUT2D eigenvalue weighted by atomic mass is 35.5. The van der Waals surface area contributed by atoms with Gasteiger partial charge in [0, 0.05) is 18.0 Å². The summed E-state index contributed by atoms with van der Waals surface area (Å²) in [7, 11) is -3.57. The van der Waals surface area contributed by atoms with E-state index in [0.29, 0.717) is 17.1 Å². The van der Waals surface area contributed by atoms with Gasteiger partial charge in [-0.3, -0.25) is 9.10 Å². The van der Waals surface area contributed by atoms with Crippen LogP contribution in [0.25, 0.3) is 0 Å². The van der Waals surface area contributed by atoms with Crippen molar-refractivity contribution in [1.82, 2.24) is 5.32 Å². The summed E-state index contributed by atoms with van der Waals surface area (Å²) in [4.78, 5) is 12.3. The van der Waals surface area contributed by atoms with Gasteiger partial charge in [-0.05, 0) is 44.0 Å². The molecule has 5 nitrogen and oxygen atoms in total. The van der Waals surface area contributed by atoms with E-state index in [2.05, 4.69) is 5.32 Å². The molecule has 0 aliphatic carbocycles. The molecule has 0 aliphatic heterocycles. The Hall–Kier alpha value is -1.76. The van der Waals surface area contributed by atoms with Gasteiger partial charge >= 0.3 is 0 Å². The van der Waals surface area contributed by atoms with Crippen molar-refractivity contribution >= 4 is 44.8 Å². The fourth-order valence-corrected chi connectivity index (χ4v) is 4.18. The van der Waals surface area contributed by atoms with Crippen LogP contribution in [-0.2, 0) is 14.8 Å². The zero-order valence-electron chi connectivity index (χ0n) is 16.1. The van der Waals surface area contributed by atoms with Gasteiger partial charge in [0.25, 0.3) is 0 Å². The number of amides is 1. The highest BCUT2D eigenvalue weighted by molar-refractivity contribution is 7.92. The number of carbonyl (C=O) groups excluding carboxylic acids is 1. The molecule has 28 heavy (non-hydrogen) atoms. The summed E-state index contributed by atoms with van der Waals surface area (Å²) in [6, 6.07) is 12.5. The average Bonchev–Trinajstić information content (AvgIpc) is 2.60. The number of nitrogens with zero attached hydrogens (tertiary/aromatic N) is 1. The highest BCUT2D eigenvalue weighted by Crippen LogP contribution is 2.30. The summed E-state index contributed by atoms with van der Waals surface area (Å²) in [5.74, 6) is -0.140. The third kappa shape index (κ3) is 6.40. The number of sulfonamides is 1. The molecule has 152 valence electrons. The maximum absolute atomic E-state index is 12.3. The van der Waals surface area contributed by atoms with Gasteiger partial charge in [0.1, 0.15) is 0 Å². The molecule has 0 spiro atoms. The second-order valence-electron chi connectivity index (χ2n) is 6.73. The van der Waals surface area contributed by atoms with E-state index >= 15 is 0 Å². The van der Waals surface area contributed by atoms with Crippen LogP contribution in [0, 0.1) is 6.92 Å². The first-order valence-electron chi connectivity index (χ1n) is 8.86. The summed E-state index contributed by atoms with van der Waals surface area (Å²) in [6.07, 6.45) is 1.65. The summed E-state index contributed by atoms with van der Waals surface area (Å²) >= 11 is 12.1. The van der Waals surface area contributed by atoms with Crippen molar-refractivity contribution in [1.29, 1.82) is 0 Å². The van der Waals surface area contributed by atoms with Gasteiger partial charge in [-0.1, -0.05) is 53.0 Å². The van der Waals surface area contributed by atoms with Gasteiger partial charge in [0.2, 0.25) is 15.9 Å². The normalized spacial score (nSPS) is 12.5. The van der Waals surface area contributed by atoms with E-state index in [1.807, 2.05) is 38.1 Å². The van der Waals surface area contributed by atoms with E-state index in [4.69, 9.17) is 23.2 Å². The van der Waals surface area contributed by atoms with Gasteiger partial charge in [-0.2, -0.15) is 0 Å². The van der Waals surface area contributed by atoms with Gasteiger partial charge in [0.15, 0.2) is 0 Å². The smallest absolute Gasteiger partial charge is 0.232 e. The van der Waals surface area contributed by atoms with Crippen LogP contribution in [0.1, 0.15) is 36.9 Å². The third-order valence-electron chi connectivity index (χ3n) is 4.30. The summed E-state index contributed by atoms with van der Waals surface area (Å²) < 4.78 is 25.5. The lowest BCUT2D eigenvalue weighted by atomic mass is 10.1. The molecular weight excluding hydrogens is 419 g/mol. The summed E-state index contributed by atoms with van der Waals surface area (Å²) in [6.45, 7) is 4.05. The predicted octanol–water partition coefficient (Wildman–Crippen LogP) is 4.73. The van der Waals surface area contributed by atoms with Crippen LogP contribution in [-0.4, -0.2) is 27.1 Å². The zero-order valence-corrected chi connectivity index (χ0v) is 18.4. The maximum atomic E-state index is 12.3. The van der Waals surface area contributed by atoms with Gasteiger partial charge < -0.3 is 5.32 Å². The highest BCUT2D eigenvalue weighted by Gasteiger charge is 2.20. The quantitative estimate of drug-likeness (QED) is 0.642. The van der Waals surface area contributed by atoms with Crippen molar-refractivity contribution in [2.24, 2.45) is 0 Å². The Bertz CT molecular complexity index is 931. The van der Waals surface area contributed by atoms with E-state index in [-0.39, 0.29) is 29.9 Å². The molecule has 0 heterocycles. The number of carbonyl (C=O) groups is 1. The molecule has 2 aromatic rings. The SMILES string of the molecule is Cc1ccc([C@@H](C)NC(=O)CCCN(c2cc(Cl)ccc2Cl)S(C)(=O)=O)cc1. The first-order chi connectivity index (χ1) is 13.1. The lowest BCUT2D eigenvalue weighted by Gasteiger charge is -2.23. The lowest BCUT2D eigenvalue weighted by molar-refractivity contribution is -0.121. The second-order valence-corrected chi connectivity index (χ2v) is 9.48. The molecule has 0 radical (unpaired) electrons. The Labute approximate surface area is 176 Å². The standard InChI is InChI=1S/C20H24Cl2N2O3S/c1-14-6-8-16(9-7-14)15(2)23-20(25)5-4-12-24(28(3,26)27)19-13-17(21)10-11-18(19)22/h6-11,13,15H,4-5,12H2,1-3H3,(H,23,25)/t15-/m1/s1. The average molecular weight is 443 g/mol. The number of hydrogen-bond acceptors (Lipinski definition) is 3. The molecule has 0 aliphatic rings. The Morgan fingerprint density at radius 2 is 1.79 bits per heavy atom. The van der Waals surface area contributed by atoms with Crippen LogP contribution in [0.15, 0.2) is 42.5 Å². The lowest BCUT2D eigenvalue weighted by Crippen LogP contribution is -2.32. The van der Waals surface area contributed by atoms with Crippen LogP contribution in [0.2, 0.25) is 10.0 Å². The number of aryl methyl sites for hydroxylation is 1. The molecule has 0 unspecified atom stereocenters. The topological polar surface area (TPSA) is 66.5 Å². The fraction of sp³-hybridized carbons (Fsp3) is 0.350. The minimum Gasteiger partial charge on any atom is -0.350 e. The number of halogens is 2. The molecule has 8 heteroatoms. The number of rotatable bonds is 8. The Morgan fingerprint density at radius 1 is 1.14 bits per heavy atom. The number of nitrogens with one attached hydrogen (secondary N) is 1. The van der Waals surface area contributed by atoms with Gasteiger partial charge in [-0.15, -0.1) is 0 Å². The van der Waals surface area contributed by atoms with Crippen molar-refractivity contribution in [3.05, 3.63) is 63.6 Å². The van der Waals surface area contributed by atoms with Gasteiger partial charge in [0.05, 0.1) is 23.0 Å². The largest absolute Gasteiger partial charge is 0.350 e. The van der Waals surface area contributed by atoms with Crippen molar-refractivity contribution in [3.63, 3.8) is 0 Å². The van der Waals surface area contributed by atoms with Crippen LogP contribution >= 0.6 is 23.2 Å². The van der Waals surface area contributed by atoms with Crippen LogP contribution in [0.4, 0.5) is 5.69 Å². The van der Waals surface area contributed by atoms with Crippen molar-refractivity contribution < 1.29 is 13.2 Å². The Balaban J connectivity index is 1.97. The Kier molecular flexibility index (Phi) is 7.75. The molecular formula is C20H24Cl2N2O3S. The van der Waals surface area contributed by atoms with E-state index in [1.165, 1.54) is 10.4 Å². The van der Waals surface area contributed by atoms with Crippen molar-refractivity contribution in [3.8, 4) is 0 Å². The Morgan fingerprint density at radius 3 is 2.39 bits per heavy atom. The molecule has 0 fully saturated rings. The molecule has 0 bridgehead atoms. The maximum Gasteiger partial charge on any atom is 0.232 e. The van der Waals surface area contributed by atoms with Crippen molar-refractivity contribution in [2.45, 2.75) is 32.7 Å². The summed E-state index contributed by atoms with van der Waals surface area (Å²) in [5.41, 5.74) is 2.48. The zero-order chi connectivity index (χ0) is 20.9. The molecule has 0 saturated heterocycles. The number of benzene rings is 2. The van der Waals surface area contributed by atoms with Crippen LogP contribution < -0.4 is 9.62 Å². The first kappa shape index (κ1) is 22.5. The van der Waals surface area contributed by atoms with E-state index in [9.17, 15) is 13.2 Å². The summed E-state index contributed by atoms with van der Waals surface area (Å²) in [5, 5.41) is 3.61. The molecule has 2 aromatic carbocycles. The van der Waals surface area contributed by atoms with Crippen molar-refractivity contribution in [2.75, 3.05) is 17.1 Å². The van der Waals surface area contributed by atoms with Crippen LogP contribution in [0.5, 0.6) is 0 Å². The van der Waals surface area contributed by atoms with E-state index in [1.54, 1.807) is 12.1 Å². The minimum absolute atomic E-state index is 0.124. The fourth-order valence-electron chi connectivity index (χ4n) is 2.78. The van der Waals surface area contributed by atoms with E-state index in [0.717, 1.165) is 17.4 Å². The van der Waals surface area contributed by atoms with Gasteiger partial charge in [-0.25, -0.2) is 8.42 Å². The third-order valence-corrected chi connectivity index (χ3v) is 6.03. The second kappa shape index (κ2) is 9.63. The molecule has 0 saturated carbocycles. The van der Waals surface area contributed by atoms with E-state index < -0.39 is 10.0 Å². The minimum atomic E-state index is -3.57. The van der Waals surface area contributed by atoms with Crippen LogP contribution in [0.3, 0.4) is 0 Å². The monoisotopic (exact) mass is 442 g/mol. The molecule has 0 aromatic heterocycles. The first-order valence-corrected chi connectivity index (χ1v) is 11.5. The number of anilines is 1.